The minimum absolute atomic E-state index is 0.156. The summed E-state index contributed by atoms with van der Waals surface area (Å²) in [6.07, 6.45) is 3.38. The number of hydrogen-bond donors (Lipinski definition) is 2. The van der Waals surface area contributed by atoms with Crippen LogP contribution in [0.15, 0.2) is 58.7 Å². The van der Waals surface area contributed by atoms with E-state index in [9.17, 15) is 14.6 Å². The summed E-state index contributed by atoms with van der Waals surface area (Å²) in [5.41, 5.74) is 1.95. The topological polar surface area (TPSA) is 107 Å². The van der Waals surface area contributed by atoms with Gasteiger partial charge in [-0.25, -0.2) is 4.98 Å². The Labute approximate surface area is 204 Å². The molecule has 0 aliphatic carbocycles. The number of pyridine rings is 1. The standard InChI is InChI=1S/C24H32N3O5PS/c1-5-18(4)32-33(29,30)16-31-20-7-6-8-21(13-20)34-24-23(17(2)3)26-22(15-28)27(24)14-19-9-11-25-12-10-19/h6-13,17-18,28H,5,14-16H2,1-4H3,(H,29,30). The molecule has 0 saturated heterocycles. The van der Waals surface area contributed by atoms with Crippen molar-refractivity contribution in [2.75, 3.05) is 6.35 Å². The third-order valence-corrected chi connectivity index (χ3v) is 7.39. The van der Waals surface area contributed by atoms with E-state index in [1.165, 1.54) is 11.8 Å². The summed E-state index contributed by atoms with van der Waals surface area (Å²) in [4.78, 5) is 19.7. The normalized spacial score (nSPS) is 14.2. The zero-order valence-corrected chi connectivity index (χ0v) is 21.6. The Morgan fingerprint density at radius 2 is 1.91 bits per heavy atom. The Bertz CT molecular complexity index is 1120. The van der Waals surface area contributed by atoms with Crippen LogP contribution >= 0.6 is 19.4 Å². The number of benzene rings is 1. The smallest absolute Gasteiger partial charge is 0.365 e. The molecule has 2 aromatic heterocycles. The molecule has 0 aliphatic rings. The average Bonchev–Trinajstić information content (AvgIpc) is 3.15. The zero-order chi connectivity index (χ0) is 24.7. The van der Waals surface area contributed by atoms with Gasteiger partial charge in [0, 0.05) is 17.3 Å². The molecule has 3 aromatic rings. The van der Waals surface area contributed by atoms with Gasteiger partial charge in [0.1, 0.15) is 23.2 Å². The van der Waals surface area contributed by atoms with Crippen LogP contribution in [-0.4, -0.2) is 37.0 Å². The highest BCUT2D eigenvalue weighted by atomic mass is 32.2. The van der Waals surface area contributed by atoms with Gasteiger partial charge < -0.3 is 23.8 Å². The van der Waals surface area contributed by atoms with Crippen molar-refractivity contribution in [3.05, 3.63) is 65.9 Å². The van der Waals surface area contributed by atoms with E-state index >= 15 is 0 Å². The molecule has 0 bridgehead atoms. The van der Waals surface area contributed by atoms with E-state index in [0.717, 1.165) is 21.2 Å². The third kappa shape index (κ3) is 7.17. The predicted octanol–water partition coefficient (Wildman–Crippen LogP) is 5.43. The molecule has 1 aromatic carbocycles. The fourth-order valence-corrected chi connectivity index (χ4v) is 5.52. The minimum Gasteiger partial charge on any atom is -0.481 e. The number of aliphatic hydroxyl groups is 1. The van der Waals surface area contributed by atoms with Crippen molar-refractivity contribution >= 4 is 19.4 Å². The number of aromatic nitrogens is 3. The highest BCUT2D eigenvalue weighted by molar-refractivity contribution is 7.99. The van der Waals surface area contributed by atoms with E-state index < -0.39 is 13.9 Å². The van der Waals surface area contributed by atoms with Crippen molar-refractivity contribution in [3.63, 3.8) is 0 Å². The second-order valence-electron chi connectivity index (χ2n) is 8.28. The van der Waals surface area contributed by atoms with Crippen LogP contribution in [0.4, 0.5) is 0 Å². The molecule has 0 aliphatic heterocycles. The molecule has 0 radical (unpaired) electrons. The van der Waals surface area contributed by atoms with Gasteiger partial charge in [0.15, 0.2) is 6.35 Å². The summed E-state index contributed by atoms with van der Waals surface area (Å²) in [6.45, 7) is 8.16. The van der Waals surface area contributed by atoms with E-state index in [4.69, 9.17) is 14.2 Å². The number of ether oxygens (including phenoxy) is 1. The fraction of sp³-hybridized carbons (Fsp3) is 0.417. The molecule has 2 atom stereocenters. The number of aliphatic hydroxyl groups excluding tert-OH is 1. The van der Waals surface area contributed by atoms with E-state index in [1.54, 1.807) is 25.4 Å². The summed E-state index contributed by atoms with van der Waals surface area (Å²) < 4.78 is 25.1. The van der Waals surface area contributed by atoms with Crippen LogP contribution in [0.2, 0.25) is 0 Å². The molecular weight excluding hydrogens is 473 g/mol. The lowest BCUT2D eigenvalue weighted by Gasteiger charge is -2.17. The fourth-order valence-electron chi connectivity index (χ4n) is 3.22. The second-order valence-corrected chi connectivity index (χ2v) is 11.1. The summed E-state index contributed by atoms with van der Waals surface area (Å²) in [7, 11) is -3.86. The van der Waals surface area contributed by atoms with Gasteiger partial charge in [0.05, 0.1) is 18.3 Å². The molecular formula is C24H32N3O5PS. The summed E-state index contributed by atoms with van der Waals surface area (Å²) in [5.74, 6) is 1.23. The van der Waals surface area contributed by atoms with Crippen molar-refractivity contribution in [2.45, 2.75) is 69.2 Å². The van der Waals surface area contributed by atoms with Crippen molar-refractivity contribution in [1.82, 2.24) is 14.5 Å². The lowest BCUT2D eigenvalue weighted by atomic mass is 10.1. The van der Waals surface area contributed by atoms with Gasteiger partial charge in [-0.2, -0.15) is 0 Å². The molecule has 2 N–H and O–H groups in total. The van der Waals surface area contributed by atoms with Crippen LogP contribution in [0.1, 0.15) is 57.1 Å². The van der Waals surface area contributed by atoms with Crippen molar-refractivity contribution in [2.24, 2.45) is 0 Å². The largest absolute Gasteiger partial charge is 0.481 e. The maximum absolute atomic E-state index is 12.3. The van der Waals surface area contributed by atoms with E-state index in [0.29, 0.717) is 24.5 Å². The number of rotatable bonds is 12. The van der Waals surface area contributed by atoms with Gasteiger partial charge >= 0.3 is 7.60 Å². The molecule has 10 heteroatoms. The summed E-state index contributed by atoms with van der Waals surface area (Å²) >= 11 is 1.52. The van der Waals surface area contributed by atoms with Crippen LogP contribution in [0.5, 0.6) is 5.75 Å². The van der Waals surface area contributed by atoms with Crippen molar-refractivity contribution in [1.29, 1.82) is 0 Å². The number of imidazole rings is 1. The number of nitrogens with zero attached hydrogens (tertiary/aromatic N) is 3. The van der Waals surface area contributed by atoms with Gasteiger partial charge in [0.2, 0.25) is 0 Å². The molecule has 0 saturated carbocycles. The first-order valence-electron chi connectivity index (χ1n) is 11.2. The van der Waals surface area contributed by atoms with Gasteiger partial charge in [-0.15, -0.1) is 0 Å². The molecule has 0 spiro atoms. The highest BCUT2D eigenvalue weighted by Gasteiger charge is 2.24. The average molecular weight is 506 g/mol. The van der Waals surface area contributed by atoms with Gasteiger partial charge in [-0.1, -0.05) is 38.6 Å². The van der Waals surface area contributed by atoms with Crippen molar-refractivity contribution < 1.29 is 23.8 Å². The first-order chi connectivity index (χ1) is 16.2. The van der Waals surface area contributed by atoms with Crippen LogP contribution in [0.3, 0.4) is 0 Å². The summed E-state index contributed by atoms with van der Waals surface area (Å²) in [5, 5.41) is 10.9. The van der Waals surface area contributed by atoms with Crippen LogP contribution in [0, 0.1) is 0 Å². The Balaban J connectivity index is 1.84. The Morgan fingerprint density at radius 3 is 2.56 bits per heavy atom. The quantitative estimate of drug-likeness (QED) is 0.314. The molecule has 2 heterocycles. The first kappa shape index (κ1) is 26.4. The predicted molar refractivity (Wildman–Crippen MR) is 132 cm³/mol. The lowest BCUT2D eigenvalue weighted by molar-refractivity contribution is 0.170. The third-order valence-electron chi connectivity index (χ3n) is 5.14. The monoisotopic (exact) mass is 505 g/mol. The second kappa shape index (κ2) is 12.0. The Morgan fingerprint density at radius 1 is 1.18 bits per heavy atom. The molecule has 0 fully saturated rings. The SMILES string of the molecule is CCC(C)OP(=O)(O)COc1cccc(Sc2c(C(C)C)nc(CO)n2Cc2ccncc2)c1. The molecule has 184 valence electrons. The first-order valence-corrected chi connectivity index (χ1v) is 13.8. The van der Waals surface area contributed by atoms with E-state index in [2.05, 4.69) is 18.8 Å². The maximum Gasteiger partial charge on any atom is 0.365 e. The van der Waals surface area contributed by atoms with E-state index in [1.807, 2.05) is 41.8 Å². The van der Waals surface area contributed by atoms with Crippen LogP contribution < -0.4 is 4.74 Å². The maximum atomic E-state index is 12.3. The lowest BCUT2D eigenvalue weighted by Crippen LogP contribution is -2.09. The van der Waals surface area contributed by atoms with Crippen molar-refractivity contribution in [3.8, 4) is 5.75 Å². The Kier molecular flexibility index (Phi) is 9.33. The zero-order valence-electron chi connectivity index (χ0n) is 19.9. The highest BCUT2D eigenvalue weighted by Crippen LogP contribution is 2.44. The van der Waals surface area contributed by atoms with E-state index in [-0.39, 0.29) is 18.6 Å². The molecule has 3 rings (SSSR count). The molecule has 8 nitrogen and oxygen atoms in total. The molecule has 2 unspecified atom stereocenters. The van der Waals surface area contributed by atoms with Gasteiger partial charge in [-0.05, 0) is 55.2 Å². The molecule has 34 heavy (non-hydrogen) atoms. The summed E-state index contributed by atoms with van der Waals surface area (Å²) in [6, 6.07) is 11.2. The Hall–Kier alpha value is -2.16. The van der Waals surface area contributed by atoms with Crippen LogP contribution in [-0.2, 0) is 22.2 Å². The number of hydrogen-bond acceptors (Lipinski definition) is 7. The van der Waals surface area contributed by atoms with Crippen LogP contribution in [0.25, 0.3) is 0 Å². The van der Waals surface area contributed by atoms with Gasteiger partial charge in [0.25, 0.3) is 0 Å². The minimum atomic E-state index is -3.86. The van der Waals surface area contributed by atoms with Gasteiger partial charge in [-0.3, -0.25) is 9.55 Å². The molecule has 0 amide bonds.